The fourth-order valence-corrected chi connectivity index (χ4v) is 7.19. The highest BCUT2D eigenvalue weighted by Crippen LogP contribution is 2.30. The normalized spacial score (nSPS) is 15.5. The Balaban J connectivity index is 1.26. The van der Waals surface area contributed by atoms with Crippen molar-refractivity contribution in [2.75, 3.05) is 51.3 Å². The van der Waals surface area contributed by atoms with Gasteiger partial charge in [-0.05, 0) is 80.1 Å². The second-order valence-electron chi connectivity index (χ2n) is 12.7. The Morgan fingerprint density at radius 1 is 0.870 bits per heavy atom. The molecule has 246 valence electrons. The number of ether oxygens (including phenoxy) is 2. The Kier molecular flexibility index (Phi) is 10.5. The number of nitrogens with one attached hydrogen (secondary N) is 1. The molecule has 1 atom stereocenters. The van der Waals surface area contributed by atoms with Crippen molar-refractivity contribution in [3.63, 3.8) is 0 Å². The van der Waals surface area contributed by atoms with Gasteiger partial charge < -0.3 is 14.8 Å². The van der Waals surface area contributed by atoms with E-state index in [-0.39, 0.29) is 11.5 Å². The molecule has 0 spiro atoms. The number of aromatic nitrogens is 2. The maximum atomic E-state index is 13.4. The van der Waals surface area contributed by atoms with Crippen LogP contribution in [0.15, 0.2) is 71.6 Å². The molecule has 0 saturated carbocycles. The maximum absolute atomic E-state index is 13.4. The first-order chi connectivity index (χ1) is 22.0. The molecule has 0 unspecified atom stereocenters. The predicted molar refractivity (Wildman–Crippen MR) is 184 cm³/mol. The molecule has 0 aliphatic carbocycles. The maximum Gasteiger partial charge on any atom is 0.243 e. The zero-order valence-corrected chi connectivity index (χ0v) is 28.7. The summed E-state index contributed by atoms with van der Waals surface area (Å²) >= 11 is 0. The van der Waals surface area contributed by atoms with Crippen LogP contribution in [0.4, 0.5) is 5.82 Å². The molecule has 1 N–H and O–H groups in total. The zero-order chi connectivity index (χ0) is 32.9. The van der Waals surface area contributed by atoms with Gasteiger partial charge in [-0.3, -0.25) is 4.90 Å². The van der Waals surface area contributed by atoms with Crippen LogP contribution in [0.25, 0.3) is 10.9 Å². The molecule has 9 nitrogen and oxygen atoms in total. The predicted octanol–water partition coefficient (Wildman–Crippen LogP) is 6.45. The first-order valence-corrected chi connectivity index (χ1v) is 17.7. The summed E-state index contributed by atoms with van der Waals surface area (Å²) in [4.78, 5) is 12.5. The van der Waals surface area contributed by atoms with E-state index in [4.69, 9.17) is 19.4 Å². The molecule has 0 bridgehead atoms. The summed E-state index contributed by atoms with van der Waals surface area (Å²) in [5, 5.41) is 4.52. The summed E-state index contributed by atoms with van der Waals surface area (Å²) in [6.45, 7) is 16.3. The molecule has 10 heteroatoms. The highest BCUT2D eigenvalue weighted by Gasteiger charge is 2.31. The molecule has 2 heterocycles. The van der Waals surface area contributed by atoms with E-state index < -0.39 is 10.0 Å². The van der Waals surface area contributed by atoms with Gasteiger partial charge in [0.15, 0.2) is 11.5 Å². The Hall–Kier alpha value is -3.73. The topological polar surface area (TPSA) is 96.9 Å². The van der Waals surface area contributed by atoms with E-state index in [1.54, 1.807) is 16.4 Å². The molecule has 1 aromatic heterocycles. The third-order valence-electron chi connectivity index (χ3n) is 8.49. The van der Waals surface area contributed by atoms with Gasteiger partial charge in [0.1, 0.15) is 11.6 Å². The zero-order valence-electron chi connectivity index (χ0n) is 27.9. The average molecular weight is 646 g/mol. The second-order valence-corrected chi connectivity index (χ2v) is 14.6. The fraction of sp³-hybridized carbons (Fsp3) is 0.444. The SMILES string of the molecule is CCOc1ccc(CCNc2nc([C@@H](C)N3CCN(S(=O)(=O)c4ccc(C(C)(C)C)cc4)CC3)nc3ccccc23)cc1OCC. The van der Waals surface area contributed by atoms with Gasteiger partial charge in [0.05, 0.1) is 29.7 Å². The molecule has 1 fully saturated rings. The molecule has 1 aliphatic heterocycles. The first-order valence-electron chi connectivity index (χ1n) is 16.2. The molecule has 1 saturated heterocycles. The van der Waals surface area contributed by atoms with Crippen LogP contribution in [-0.4, -0.2) is 73.5 Å². The Morgan fingerprint density at radius 3 is 2.22 bits per heavy atom. The van der Waals surface area contributed by atoms with Crippen molar-refractivity contribution in [1.29, 1.82) is 0 Å². The van der Waals surface area contributed by atoms with E-state index in [9.17, 15) is 8.42 Å². The molecule has 5 rings (SSSR count). The molecule has 1 aliphatic rings. The number of para-hydroxylation sites is 1. The number of hydrogen-bond donors (Lipinski definition) is 1. The summed E-state index contributed by atoms with van der Waals surface area (Å²) in [5.41, 5.74) is 3.10. The second kappa shape index (κ2) is 14.4. The van der Waals surface area contributed by atoms with Crippen molar-refractivity contribution >= 4 is 26.7 Å². The van der Waals surface area contributed by atoms with Gasteiger partial charge in [-0.2, -0.15) is 4.31 Å². The van der Waals surface area contributed by atoms with E-state index >= 15 is 0 Å². The number of sulfonamides is 1. The molecule has 0 amide bonds. The van der Waals surface area contributed by atoms with E-state index in [2.05, 4.69) is 44.0 Å². The van der Waals surface area contributed by atoms with Gasteiger partial charge in [-0.15, -0.1) is 0 Å². The van der Waals surface area contributed by atoms with Gasteiger partial charge in [0.25, 0.3) is 0 Å². The smallest absolute Gasteiger partial charge is 0.243 e. The van der Waals surface area contributed by atoms with E-state index in [1.807, 2.05) is 62.4 Å². The van der Waals surface area contributed by atoms with E-state index in [0.717, 1.165) is 51.6 Å². The quantitative estimate of drug-likeness (QED) is 0.188. The van der Waals surface area contributed by atoms with Crippen LogP contribution in [0.1, 0.15) is 64.5 Å². The summed E-state index contributed by atoms with van der Waals surface area (Å²) < 4.78 is 40.0. The number of fused-ring (bicyclic) bond motifs is 1. The van der Waals surface area contributed by atoms with Crippen LogP contribution in [0, 0.1) is 0 Å². The number of nitrogens with zero attached hydrogens (tertiary/aromatic N) is 4. The Bertz CT molecular complexity index is 1730. The van der Waals surface area contributed by atoms with Crippen LogP contribution in [-0.2, 0) is 21.9 Å². The van der Waals surface area contributed by atoms with Crippen molar-refractivity contribution < 1.29 is 17.9 Å². The lowest BCUT2D eigenvalue weighted by atomic mass is 9.87. The third kappa shape index (κ3) is 7.62. The number of benzene rings is 3. The van der Waals surface area contributed by atoms with Crippen molar-refractivity contribution in [2.24, 2.45) is 0 Å². The minimum atomic E-state index is -3.57. The highest BCUT2D eigenvalue weighted by molar-refractivity contribution is 7.89. The summed E-state index contributed by atoms with van der Waals surface area (Å²) in [6, 6.07) is 21.3. The van der Waals surface area contributed by atoms with E-state index in [1.165, 1.54) is 0 Å². The monoisotopic (exact) mass is 645 g/mol. The highest BCUT2D eigenvalue weighted by atomic mass is 32.2. The molecule has 4 aromatic rings. The van der Waals surface area contributed by atoms with Crippen LogP contribution in [0.5, 0.6) is 11.5 Å². The number of rotatable bonds is 12. The van der Waals surface area contributed by atoms with Crippen LogP contribution < -0.4 is 14.8 Å². The largest absolute Gasteiger partial charge is 0.490 e. The number of piperazine rings is 1. The lowest BCUT2D eigenvalue weighted by molar-refractivity contribution is 0.141. The molecular formula is C36H47N5O4S. The van der Waals surface area contributed by atoms with Gasteiger partial charge in [-0.25, -0.2) is 18.4 Å². The van der Waals surface area contributed by atoms with E-state index in [0.29, 0.717) is 50.8 Å². The number of hydrogen-bond acceptors (Lipinski definition) is 8. The summed E-state index contributed by atoms with van der Waals surface area (Å²) in [5.74, 6) is 3.03. The first kappa shape index (κ1) is 33.6. The third-order valence-corrected chi connectivity index (χ3v) is 10.4. The Morgan fingerprint density at radius 2 is 1.54 bits per heavy atom. The minimum Gasteiger partial charge on any atom is -0.490 e. The van der Waals surface area contributed by atoms with Gasteiger partial charge in [0, 0.05) is 38.1 Å². The summed E-state index contributed by atoms with van der Waals surface area (Å²) in [6.07, 6.45) is 0.783. The van der Waals surface area contributed by atoms with Crippen molar-refractivity contribution in [3.8, 4) is 11.5 Å². The van der Waals surface area contributed by atoms with Crippen molar-refractivity contribution in [1.82, 2.24) is 19.2 Å². The van der Waals surface area contributed by atoms with Crippen LogP contribution in [0.3, 0.4) is 0 Å². The van der Waals surface area contributed by atoms with Gasteiger partial charge in [0.2, 0.25) is 10.0 Å². The minimum absolute atomic E-state index is 0.0335. The van der Waals surface area contributed by atoms with Crippen LogP contribution in [0.2, 0.25) is 0 Å². The molecule has 0 radical (unpaired) electrons. The molecule has 46 heavy (non-hydrogen) atoms. The summed E-state index contributed by atoms with van der Waals surface area (Å²) in [7, 11) is -3.57. The average Bonchev–Trinajstić information content (AvgIpc) is 3.05. The molecular weight excluding hydrogens is 598 g/mol. The van der Waals surface area contributed by atoms with Crippen molar-refractivity contribution in [2.45, 2.75) is 64.3 Å². The molecule has 3 aromatic carbocycles. The van der Waals surface area contributed by atoms with Gasteiger partial charge >= 0.3 is 0 Å². The van der Waals surface area contributed by atoms with Crippen molar-refractivity contribution in [3.05, 3.63) is 83.7 Å². The Labute approximate surface area is 274 Å². The van der Waals surface area contributed by atoms with Gasteiger partial charge in [-0.1, -0.05) is 51.1 Å². The standard InChI is InChI=1S/C36H47N5O4S/c1-7-44-32-18-13-27(25-33(32)45-8-2)19-20-37-35-30-11-9-10-12-31(30)38-34(39-35)26(3)40-21-23-41(24-22-40)46(42,43)29-16-14-28(15-17-29)36(4,5)6/h9-18,25-26H,7-8,19-24H2,1-6H3,(H,37,38,39)/t26-/m1/s1. The lowest BCUT2D eigenvalue weighted by Gasteiger charge is -2.37. The fourth-order valence-electron chi connectivity index (χ4n) is 5.76. The van der Waals surface area contributed by atoms with Crippen LogP contribution >= 0.6 is 0 Å². The lowest BCUT2D eigenvalue weighted by Crippen LogP contribution is -2.49. The number of anilines is 1.